The van der Waals surface area contributed by atoms with Gasteiger partial charge in [0.25, 0.3) is 0 Å². The summed E-state index contributed by atoms with van der Waals surface area (Å²) in [5.74, 6) is 0.0407. The molecule has 0 amide bonds. The van der Waals surface area contributed by atoms with Crippen molar-refractivity contribution in [2.24, 2.45) is 7.05 Å². The number of carbonyl (C=O) groups excluding carboxylic acids is 1. The maximum absolute atomic E-state index is 12.6. The van der Waals surface area contributed by atoms with Crippen LogP contribution < -0.4 is 0 Å². The lowest BCUT2D eigenvalue weighted by Crippen LogP contribution is -2.09. The van der Waals surface area contributed by atoms with Gasteiger partial charge in [0, 0.05) is 19.4 Å². The van der Waals surface area contributed by atoms with Crippen molar-refractivity contribution < 1.29 is 9.18 Å². The summed E-state index contributed by atoms with van der Waals surface area (Å²) >= 11 is 0. The molecule has 0 atom stereocenters. The summed E-state index contributed by atoms with van der Waals surface area (Å²) in [6.07, 6.45) is 4.59. The molecule has 0 aliphatic heterocycles. The van der Waals surface area contributed by atoms with Crippen molar-refractivity contribution in [1.82, 2.24) is 14.5 Å². The zero-order valence-corrected chi connectivity index (χ0v) is 8.72. The third-order valence-electron chi connectivity index (χ3n) is 2.25. The number of ketones is 1. The van der Waals surface area contributed by atoms with Crippen LogP contribution in [0.4, 0.5) is 4.39 Å². The third kappa shape index (κ3) is 2.13. The predicted molar refractivity (Wildman–Crippen MR) is 55.4 cm³/mol. The maximum atomic E-state index is 12.6. The number of halogens is 1. The Morgan fingerprint density at radius 1 is 1.44 bits per heavy atom. The molecule has 0 saturated carbocycles. The first kappa shape index (κ1) is 10.5. The zero-order chi connectivity index (χ0) is 11.5. The minimum Gasteiger partial charge on any atom is -0.338 e. The van der Waals surface area contributed by atoms with Gasteiger partial charge in [0.1, 0.15) is 17.3 Å². The molecule has 0 aliphatic rings. The Labute approximate surface area is 91.8 Å². The Bertz CT molecular complexity index is 504. The minimum absolute atomic E-state index is 0.169. The fraction of sp³-hybridized carbons (Fsp3) is 0.182. The van der Waals surface area contributed by atoms with E-state index < -0.39 is 5.82 Å². The number of hydrogen-bond acceptors (Lipinski definition) is 3. The van der Waals surface area contributed by atoms with Gasteiger partial charge in [0.05, 0.1) is 12.6 Å². The SMILES string of the molecule is Cn1ccnc1CC(=O)c1ccc(F)cn1. The summed E-state index contributed by atoms with van der Waals surface area (Å²) < 4.78 is 14.4. The van der Waals surface area contributed by atoms with Crippen LogP contribution in [-0.2, 0) is 13.5 Å². The molecule has 5 heteroatoms. The lowest BCUT2D eigenvalue weighted by molar-refractivity contribution is 0.0985. The second-order valence-corrected chi connectivity index (χ2v) is 3.42. The van der Waals surface area contributed by atoms with E-state index in [1.165, 1.54) is 12.1 Å². The Morgan fingerprint density at radius 3 is 2.81 bits per heavy atom. The van der Waals surface area contributed by atoms with Gasteiger partial charge < -0.3 is 4.57 Å². The van der Waals surface area contributed by atoms with Crippen LogP contribution in [0.5, 0.6) is 0 Å². The van der Waals surface area contributed by atoms with Gasteiger partial charge >= 0.3 is 0 Å². The van der Waals surface area contributed by atoms with Crippen molar-refractivity contribution in [3.05, 3.63) is 48.1 Å². The smallest absolute Gasteiger partial charge is 0.188 e. The van der Waals surface area contributed by atoms with Crippen LogP contribution in [0.3, 0.4) is 0 Å². The van der Waals surface area contributed by atoms with E-state index in [0.29, 0.717) is 5.82 Å². The monoisotopic (exact) mass is 219 g/mol. The van der Waals surface area contributed by atoms with Gasteiger partial charge in [-0.25, -0.2) is 9.37 Å². The van der Waals surface area contributed by atoms with E-state index in [4.69, 9.17) is 0 Å². The third-order valence-corrected chi connectivity index (χ3v) is 2.25. The normalized spacial score (nSPS) is 10.4. The molecule has 0 spiro atoms. The van der Waals surface area contributed by atoms with Crippen LogP contribution in [-0.4, -0.2) is 20.3 Å². The Morgan fingerprint density at radius 2 is 2.25 bits per heavy atom. The summed E-state index contributed by atoms with van der Waals surface area (Å²) in [7, 11) is 1.81. The number of nitrogens with zero attached hydrogens (tertiary/aromatic N) is 3. The molecule has 0 aliphatic carbocycles. The molecule has 2 heterocycles. The van der Waals surface area contributed by atoms with Crippen molar-refractivity contribution in [3.63, 3.8) is 0 Å². The number of Topliss-reactive ketones (excluding diaryl/α,β-unsaturated/α-hetero) is 1. The highest BCUT2D eigenvalue weighted by Crippen LogP contribution is 2.04. The van der Waals surface area contributed by atoms with Crippen LogP contribution in [0.15, 0.2) is 30.7 Å². The van der Waals surface area contributed by atoms with Gasteiger partial charge in [-0.05, 0) is 12.1 Å². The summed E-state index contributed by atoms with van der Waals surface area (Å²) in [5.41, 5.74) is 0.254. The molecule has 2 rings (SSSR count). The van der Waals surface area contributed by atoms with Crippen molar-refractivity contribution in [2.75, 3.05) is 0 Å². The molecule has 0 N–H and O–H groups in total. The Kier molecular flexibility index (Phi) is 2.76. The van der Waals surface area contributed by atoms with Gasteiger partial charge in [0.2, 0.25) is 0 Å². The van der Waals surface area contributed by atoms with Crippen LogP contribution in [0.25, 0.3) is 0 Å². The number of hydrogen-bond donors (Lipinski definition) is 0. The number of aromatic nitrogens is 3. The largest absolute Gasteiger partial charge is 0.338 e. The Hall–Kier alpha value is -2.04. The number of rotatable bonds is 3. The fourth-order valence-electron chi connectivity index (χ4n) is 1.34. The summed E-state index contributed by atoms with van der Waals surface area (Å²) in [5, 5.41) is 0. The van der Waals surface area contributed by atoms with E-state index >= 15 is 0 Å². The van der Waals surface area contributed by atoms with E-state index in [-0.39, 0.29) is 17.9 Å². The predicted octanol–water partition coefficient (Wildman–Crippen LogP) is 1.38. The zero-order valence-electron chi connectivity index (χ0n) is 8.72. The topological polar surface area (TPSA) is 47.8 Å². The molecular weight excluding hydrogens is 209 g/mol. The molecule has 4 nitrogen and oxygen atoms in total. The highest BCUT2D eigenvalue weighted by atomic mass is 19.1. The van der Waals surface area contributed by atoms with Gasteiger partial charge in [-0.3, -0.25) is 9.78 Å². The lowest BCUT2D eigenvalue weighted by atomic mass is 10.2. The van der Waals surface area contributed by atoms with E-state index in [2.05, 4.69) is 9.97 Å². The highest BCUT2D eigenvalue weighted by molar-refractivity contribution is 5.95. The van der Waals surface area contributed by atoms with E-state index in [0.717, 1.165) is 6.20 Å². The molecule has 82 valence electrons. The molecule has 2 aromatic heterocycles. The van der Waals surface area contributed by atoms with Gasteiger partial charge in [0.15, 0.2) is 5.78 Å². The molecule has 0 radical (unpaired) electrons. The van der Waals surface area contributed by atoms with Crippen LogP contribution in [0, 0.1) is 5.82 Å². The number of carbonyl (C=O) groups is 1. The number of aryl methyl sites for hydroxylation is 1. The molecule has 0 aromatic carbocycles. The van der Waals surface area contributed by atoms with Crippen LogP contribution in [0.1, 0.15) is 16.3 Å². The average Bonchev–Trinajstić information content (AvgIpc) is 2.65. The summed E-state index contributed by atoms with van der Waals surface area (Å²) in [6, 6.07) is 2.60. The van der Waals surface area contributed by atoms with Crippen molar-refractivity contribution >= 4 is 5.78 Å². The molecule has 0 saturated heterocycles. The van der Waals surface area contributed by atoms with Crippen molar-refractivity contribution in [2.45, 2.75) is 6.42 Å². The first-order valence-corrected chi connectivity index (χ1v) is 4.78. The van der Waals surface area contributed by atoms with Gasteiger partial charge in [-0.15, -0.1) is 0 Å². The molecule has 2 aromatic rings. The van der Waals surface area contributed by atoms with E-state index in [9.17, 15) is 9.18 Å². The summed E-state index contributed by atoms with van der Waals surface area (Å²) in [6.45, 7) is 0. The standard InChI is InChI=1S/C11H10FN3O/c1-15-5-4-13-11(15)6-10(16)9-3-2-8(12)7-14-9/h2-5,7H,6H2,1H3. The maximum Gasteiger partial charge on any atom is 0.188 e. The number of pyridine rings is 1. The molecule has 0 fully saturated rings. The molecule has 16 heavy (non-hydrogen) atoms. The van der Waals surface area contributed by atoms with Gasteiger partial charge in [-0.2, -0.15) is 0 Å². The van der Waals surface area contributed by atoms with E-state index in [1.807, 2.05) is 7.05 Å². The number of imidazole rings is 1. The van der Waals surface area contributed by atoms with Crippen LogP contribution in [0.2, 0.25) is 0 Å². The Balaban J connectivity index is 2.15. The van der Waals surface area contributed by atoms with E-state index in [1.54, 1.807) is 17.0 Å². The first-order valence-electron chi connectivity index (χ1n) is 4.78. The lowest BCUT2D eigenvalue weighted by Gasteiger charge is -2.00. The average molecular weight is 219 g/mol. The fourth-order valence-corrected chi connectivity index (χ4v) is 1.34. The van der Waals surface area contributed by atoms with Gasteiger partial charge in [-0.1, -0.05) is 0 Å². The minimum atomic E-state index is -0.450. The second-order valence-electron chi connectivity index (χ2n) is 3.42. The van der Waals surface area contributed by atoms with Crippen molar-refractivity contribution in [1.29, 1.82) is 0 Å². The van der Waals surface area contributed by atoms with Crippen LogP contribution >= 0.6 is 0 Å². The molecule has 0 unspecified atom stereocenters. The quantitative estimate of drug-likeness (QED) is 0.733. The molecule has 0 bridgehead atoms. The molecular formula is C11H10FN3O. The van der Waals surface area contributed by atoms with Crippen molar-refractivity contribution in [3.8, 4) is 0 Å². The second kappa shape index (κ2) is 4.22. The summed E-state index contributed by atoms with van der Waals surface area (Å²) in [4.78, 5) is 19.5. The first-order chi connectivity index (χ1) is 7.66. The highest BCUT2D eigenvalue weighted by Gasteiger charge is 2.11.